The highest BCUT2D eigenvalue weighted by molar-refractivity contribution is 5.41. The van der Waals surface area contributed by atoms with E-state index in [4.69, 9.17) is 29.4 Å². The van der Waals surface area contributed by atoms with E-state index in [1.807, 2.05) is 12.1 Å². The topological polar surface area (TPSA) is 72.2 Å². The van der Waals surface area contributed by atoms with Crippen LogP contribution in [-0.4, -0.2) is 52.9 Å². The Hall–Kier alpha value is -1.76. The van der Waals surface area contributed by atoms with Gasteiger partial charge in [0.2, 0.25) is 0 Å². The van der Waals surface area contributed by atoms with E-state index in [9.17, 15) is 0 Å². The van der Waals surface area contributed by atoms with Gasteiger partial charge in [-0.25, -0.2) is 0 Å². The molecule has 22 heavy (non-hydrogen) atoms. The van der Waals surface area contributed by atoms with E-state index in [0.717, 1.165) is 11.4 Å². The standard InChI is InChI=1S/C16H25NO5/c1-2-18-7-8-19-9-10-20-11-12-21-13-14-22-16-5-3-15(17)4-6-16/h2-6H,1,7-14,17H2. The summed E-state index contributed by atoms with van der Waals surface area (Å²) in [6, 6.07) is 7.27. The molecule has 0 aromatic heterocycles. The van der Waals surface area contributed by atoms with Crippen LogP contribution in [0.5, 0.6) is 5.75 Å². The van der Waals surface area contributed by atoms with E-state index in [1.54, 1.807) is 12.1 Å². The normalized spacial score (nSPS) is 10.4. The lowest BCUT2D eigenvalue weighted by Crippen LogP contribution is -2.13. The monoisotopic (exact) mass is 311 g/mol. The zero-order chi connectivity index (χ0) is 15.9. The van der Waals surface area contributed by atoms with Crippen LogP contribution in [0, 0.1) is 0 Å². The largest absolute Gasteiger partial charge is 0.499 e. The lowest BCUT2D eigenvalue weighted by atomic mass is 10.3. The van der Waals surface area contributed by atoms with Crippen LogP contribution in [0.1, 0.15) is 0 Å². The van der Waals surface area contributed by atoms with Crippen LogP contribution in [0.15, 0.2) is 37.1 Å². The van der Waals surface area contributed by atoms with Crippen molar-refractivity contribution in [3.63, 3.8) is 0 Å². The van der Waals surface area contributed by atoms with Gasteiger partial charge in [0.15, 0.2) is 0 Å². The summed E-state index contributed by atoms with van der Waals surface area (Å²) >= 11 is 0. The van der Waals surface area contributed by atoms with Crippen LogP contribution in [0.2, 0.25) is 0 Å². The molecule has 0 radical (unpaired) electrons. The molecule has 1 rings (SSSR count). The van der Waals surface area contributed by atoms with E-state index < -0.39 is 0 Å². The second kappa shape index (κ2) is 12.9. The van der Waals surface area contributed by atoms with E-state index in [2.05, 4.69) is 6.58 Å². The number of benzene rings is 1. The Morgan fingerprint density at radius 2 is 1.27 bits per heavy atom. The molecule has 1 aromatic carbocycles. The average Bonchev–Trinajstić information content (AvgIpc) is 2.53. The summed E-state index contributed by atoms with van der Waals surface area (Å²) in [5.74, 6) is 0.784. The van der Waals surface area contributed by atoms with Crippen molar-refractivity contribution in [2.24, 2.45) is 0 Å². The minimum Gasteiger partial charge on any atom is -0.499 e. The first-order chi connectivity index (χ1) is 10.8. The molecule has 0 unspecified atom stereocenters. The molecule has 6 heteroatoms. The number of nitrogen functional groups attached to an aromatic ring is 1. The van der Waals surface area contributed by atoms with Gasteiger partial charge in [-0.1, -0.05) is 6.58 Å². The Kier molecular flexibility index (Phi) is 10.8. The molecule has 124 valence electrons. The summed E-state index contributed by atoms with van der Waals surface area (Å²) in [6.45, 7) is 7.66. The predicted molar refractivity (Wildman–Crippen MR) is 85.0 cm³/mol. The maximum absolute atomic E-state index is 5.59. The lowest BCUT2D eigenvalue weighted by Gasteiger charge is -2.08. The molecule has 0 fully saturated rings. The zero-order valence-electron chi connectivity index (χ0n) is 12.9. The Morgan fingerprint density at radius 3 is 1.82 bits per heavy atom. The lowest BCUT2D eigenvalue weighted by molar-refractivity contribution is 0.00265. The van der Waals surface area contributed by atoms with Crippen molar-refractivity contribution >= 4 is 5.69 Å². The summed E-state index contributed by atoms with van der Waals surface area (Å²) in [7, 11) is 0. The van der Waals surface area contributed by atoms with Gasteiger partial charge in [0.1, 0.15) is 19.0 Å². The van der Waals surface area contributed by atoms with Gasteiger partial charge in [-0.2, -0.15) is 0 Å². The van der Waals surface area contributed by atoms with Crippen molar-refractivity contribution in [1.82, 2.24) is 0 Å². The van der Waals surface area contributed by atoms with Crippen molar-refractivity contribution in [2.45, 2.75) is 0 Å². The molecule has 1 aromatic rings. The maximum atomic E-state index is 5.59. The second-order valence-corrected chi connectivity index (χ2v) is 4.29. The van der Waals surface area contributed by atoms with Crippen LogP contribution >= 0.6 is 0 Å². The van der Waals surface area contributed by atoms with Crippen molar-refractivity contribution in [1.29, 1.82) is 0 Å². The number of hydrogen-bond acceptors (Lipinski definition) is 6. The van der Waals surface area contributed by atoms with E-state index in [0.29, 0.717) is 52.9 Å². The highest BCUT2D eigenvalue weighted by atomic mass is 16.6. The molecule has 0 spiro atoms. The molecule has 0 aliphatic carbocycles. The minimum absolute atomic E-state index is 0.496. The highest BCUT2D eigenvalue weighted by Gasteiger charge is 1.95. The predicted octanol–water partition coefficient (Wildman–Crippen LogP) is 1.86. The Bertz CT molecular complexity index is 383. The van der Waals surface area contributed by atoms with Crippen LogP contribution in [0.4, 0.5) is 5.69 Å². The Balaban J connectivity index is 1.80. The van der Waals surface area contributed by atoms with Gasteiger partial charge in [-0.3, -0.25) is 0 Å². The highest BCUT2D eigenvalue weighted by Crippen LogP contribution is 2.12. The third kappa shape index (κ3) is 10.0. The van der Waals surface area contributed by atoms with Crippen LogP contribution in [-0.2, 0) is 18.9 Å². The van der Waals surface area contributed by atoms with E-state index in [-0.39, 0.29) is 0 Å². The number of anilines is 1. The number of hydrogen-bond donors (Lipinski definition) is 1. The Labute approximate surface area is 131 Å². The molecule has 6 nitrogen and oxygen atoms in total. The summed E-state index contributed by atoms with van der Waals surface area (Å²) in [5.41, 5.74) is 6.31. The maximum Gasteiger partial charge on any atom is 0.119 e. The fourth-order valence-electron chi connectivity index (χ4n) is 1.51. The summed E-state index contributed by atoms with van der Waals surface area (Å²) in [4.78, 5) is 0. The quantitative estimate of drug-likeness (QED) is 0.321. The third-order valence-electron chi connectivity index (χ3n) is 2.58. The van der Waals surface area contributed by atoms with Crippen LogP contribution in [0.25, 0.3) is 0 Å². The molecule has 0 saturated carbocycles. The van der Waals surface area contributed by atoms with Gasteiger partial charge >= 0.3 is 0 Å². The summed E-state index contributed by atoms with van der Waals surface area (Å²) < 4.78 is 26.4. The van der Waals surface area contributed by atoms with Gasteiger partial charge in [-0.05, 0) is 24.3 Å². The van der Waals surface area contributed by atoms with Gasteiger partial charge in [0.05, 0.1) is 45.9 Å². The molecule has 0 bridgehead atoms. The molecule has 2 N–H and O–H groups in total. The summed E-state index contributed by atoms with van der Waals surface area (Å²) in [6.07, 6.45) is 1.40. The molecule has 0 aliphatic rings. The van der Waals surface area contributed by atoms with Crippen molar-refractivity contribution in [3.8, 4) is 5.75 Å². The van der Waals surface area contributed by atoms with Gasteiger partial charge in [0, 0.05) is 5.69 Å². The van der Waals surface area contributed by atoms with Crippen LogP contribution < -0.4 is 10.5 Å². The number of rotatable bonds is 14. The van der Waals surface area contributed by atoms with Gasteiger partial charge in [0.25, 0.3) is 0 Å². The minimum atomic E-state index is 0.496. The van der Waals surface area contributed by atoms with Crippen LogP contribution in [0.3, 0.4) is 0 Å². The fraction of sp³-hybridized carbons (Fsp3) is 0.500. The average molecular weight is 311 g/mol. The van der Waals surface area contributed by atoms with Crippen molar-refractivity contribution < 1.29 is 23.7 Å². The van der Waals surface area contributed by atoms with Crippen molar-refractivity contribution in [2.75, 3.05) is 58.6 Å². The smallest absolute Gasteiger partial charge is 0.119 e. The molecular formula is C16H25NO5. The fourth-order valence-corrected chi connectivity index (χ4v) is 1.51. The molecule has 0 aliphatic heterocycles. The molecular weight excluding hydrogens is 286 g/mol. The first kappa shape index (κ1) is 18.3. The van der Waals surface area contributed by atoms with E-state index >= 15 is 0 Å². The molecule has 0 amide bonds. The zero-order valence-corrected chi connectivity index (χ0v) is 12.9. The number of ether oxygens (including phenoxy) is 5. The molecule has 0 heterocycles. The SMILES string of the molecule is C=COCCOCCOCCOCCOc1ccc(N)cc1. The third-order valence-corrected chi connectivity index (χ3v) is 2.58. The molecule has 0 atom stereocenters. The number of nitrogens with two attached hydrogens (primary N) is 1. The van der Waals surface area contributed by atoms with Gasteiger partial charge in [-0.15, -0.1) is 0 Å². The van der Waals surface area contributed by atoms with Crippen molar-refractivity contribution in [3.05, 3.63) is 37.1 Å². The van der Waals surface area contributed by atoms with E-state index in [1.165, 1.54) is 6.26 Å². The molecule has 0 saturated heterocycles. The van der Waals surface area contributed by atoms with Gasteiger partial charge < -0.3 is 29.4 Å². The second-order valence-electron chi connectivity index (χ2n) is 4.29. The Morgan fingerprint density at radius 1 is 0.773 bits per heavy atom. The summed E-state index contributed by atoms with van der Waals surface area (Å²) in [5, 5.41) is 0. The first-order valence-corrected chi connectivity index (χ1v) is 7.27. The first-order valence-electron chi connectivity index (χ1n) is 7.27.